The summed E-state index contributed by atoms with van der Waals surface area (Å²) in [6, 6.07) is 7.78. The molecule has 0 aromatic heterocycles. The Kier molecular flexibility index (Phi) is 5.39. The van der Waals surface area contributed by atoms with Crippen molar-refractivity contribution in [1.29, 1.82) is 0 Å². The molecule has 6 nitrogen and oxygen atoms in total. The van der Waals surface area contributed by atoms with E-state index < -0.39 is 23.5 Å². The standard InChI is InChI=1S/C20H19F2N3O3/c1-11-16(20(28)23-2)4-3-5-17(11)24-19(27)12-6-18(26)25(10-12)15-8-13(21)7-14(22)9-15/h3-5,7-9,12H,6,10H2,1-2H3,(H,23,28)(H,24,27). The normalized spacial score (nSPS) is 16.2. The quantitative estimate of drug-likeness (QED) is 0.847. The van der Waals surface area contributed by atoms with Crippen molar-refractivity contribution in [3.8, 4) is 0 Å². The first-order chi connectivity index (χ1) is 13.3. The lowest BCUT2D eigenvalue weighted by Crippen LogP contribution is -2.28. The van der Waals surface area contributed by atoms with Crippen LogP contribution < -0.4 is 15.5 Å². The van der Waals surface area contributed by atoms with Gasteiger partial charge in [-0.2, -0.15) is 0 Å². The fraction of sp³-hybridized carbons (Fsp3) is 0.250. The van der Waals surface area contributed by atoms with Gasteiger partial charge in [-0.25, -0.2) is 8.78 Å². The zero-order valence-electron chi connectivity index (χ0n) is 15.4. The Bertz CT molecular complexity index is 941. The largest absolute Gasteiger partial charge is 0.355 e. The Hall–Kier alpha value is -3.29. The number of amides is 3. The molecule has 1 unspecified atom stereocenters. The van der Waals surface area contributed by atoms with Crippen LogP contribution >= 0.6 is 0 Å². The molecule has 0 saturated carbocycles. The van der Waals surface area contributed by atoms with E-state index in [1.807, 2.05) is 0 Å². The van der Waals surface area contributed by atoms with Crippen molar-refractivity contribution in [3.63, 3.8) is 0 Å². The molecular formula is C20H19F2N3O3. The minimum Gasteiger partial charge on any atom is -0.355 e. The molecule has 28 heavy (non-hydrogen) atoms. The van der Waals surface area contributed by atoms with Crippen molar-refractivity contribution in [3.05, 3.63) is 59.2 Å². The third kappa shape index (κ3) is 3.85. The van der Waals surface area contributed by atoms with Crippen LogP contribution in [-0.2, 0) is 9.59 Å². The summed E-state index contributed by atoms with van der Waals surface area (Å²) in [5, 5.41) is 5.27. The molecule has 1 aliphatic heterocycles. The molecule has 3 rings (SSSR count). The van der Waals surface area contributed by atoms with E-state index in [-0.39, 0.29) is 30.5 Å². The van der Waals surface area contributed by atoms with E-state index in [1.54, 1.807) is 25.1 Å². The molecule has 1 fully saturated rings. The second-order valence-electron chi connectivity index (χ2n) is 6.58. The number of carbonyl (C=O) groups is 3. The molecule has 2 aromatic carbocycles. The zero-order valence-corrected chi connectivity index (χ0v) is 15.4. The van der Waals surface area contributed by atoms with Gasteiger partial charge in [0.05, 0.1) is 5.92 Å². The van der Waals surface area contributed by atoms with E-state index in [2.05, 4.69) is 10.6 Å². The molecule has 2 N–H and O–H groups in total. The van der Waals surface area contributed by atoms with Crippen LogP contribution in [-0.4, -0.2) is 31.3 Å². The van der Waals surface area contributed by atoms with Crippen LogP contribution in [0.2, 0.25) is 0 Å². The molecule has 0 radical (unpaired) electrons. The lowest BCUT2D eigenvalue weighted by molar-refractivity contribution is -0.122. The minimum atomic E-state index is -0.794. The molecule has 2 aromatic rings. The van der Waals surface area contributed by atoms with Crippen LogP contribution in [0.15, 0.2) is 36.4 Å². The first-order valence-electron chi connectivity index (χ1n) is 8.69. The molecule has 1 saturated heterocycles. The third-order valence-electron chi connectivity index (χ3n) is 4.72. The van der Waals surface area contributed by atoms with Gasteiger partial charge in [0.1, 0.15) is 11.6 Å². The fourth-order valence-electron chi connectivity index (χ4n) is 3.21. The predicted molar refractivity (Wildman–Crippen MR) is 100 cm³/mol. The van der Waals surface area contributed by atoms with Crippen LogP contribution in [0.4, 0.5) is 20.2 Å². The molecule has 8 heteroatoms. The van der Waals surface area contributed by atoms with Crippen LogP contribution in [0.3, 0.4) is 0 Å². The summed E-state index contributed by atoms with van der Waals surface area (Å²) in [6.45, 7) is 1.73. The first kappa shape index (κ1) is 19.5. The molecule has 1 heterocycles. The van der Waals surface area contributed by atoms with E-state index in [1.165, 1.54) is 11.9 Å². The van der Waals surface area contributed by atoms with Crippen molar-refractivity contribution in [1.82, 2.24) is 5.32 Å². The van der Waals surface area contributed by atoms with Crippen LogP contribution in [0.5, 0.6) is 0 Å². The predicted octanol–water partition coefficient (Wildman–Crippen LogP) is 2.62. The Morgan fingerprint density at radius 2 is 1.82 bits per heavy atom. The van der Waals surface area contributed by atoms with Crippen molar-refractivity contribution < 1.29 is 23.2 Å². The molecule has 146 valence electrons. The van der Waals surface area contributed by atoms with Crippen molar-refractivity contribution in [2.45, 2.75) is 13.3 Å². The number of halogens is 2. The molecular weight excluding hydrogens is 368 g/mol. The summed E-state index contributed by atoms with van der Waals surface area (Å²) in [5.74, 6) is -3.33. The van der Waals surface area contributed by atoms with E-state index in [9.17, 15) is 23.2 Å². The molecule has 1 atom stereocenters. The van der Waals surface area contributed by atoms with E-state index in [0.29, 0.717) is 16.8 Å². The zero-order chi connectivity index (χ0) is 20.4. The number of benzene rings is 2. The number of anilines is 2. The fourth-order valence-corrected chi connectivity index (χ4v) is 3.21. The summed E-state index contributed by atoms with van der Waals surface area (Å²) in [5.41, 5.74) is 1.58. The van der Waals surface area contributed by atoms with Crippen LogP contribution in [0.1, 0.15) is 22.3 Å². The smallest absolute Gasteiger partial charge is 0.251 e. The van der Waals surface area contributed by atoms with Gasteiger partial charge in [0.25, 0.3) is 5.91 Å². The summed E-state index contributed by atoms with van der Waals surface area (Å²) >= 11 is 0. The third-order valence-corrected chi connectivity index (χ3v) is 4.72. The molecule has 3 amide bonds. The number of hydrogen-bond acceptors (Lipinski definition) is 3. The highest BCUT2D eigenvalue weighted by molar-refractivity contribution is 6.04. The SMILES string of the molecule is CNC(=O)c1cccc(NC(=O)C2CC(=O)N(c3cc(F)cc(F)c3)C2)c1C. The number of rotatable bonds is 4. The van der Waals surface area contributed by atoms with Gasteiger partial charge in [-0.1, -0.05) is 6.07 Å². The van der Waals surface area contributed by atoms with E-state index in [0.717, 1.165) is 18.2 Å². The summed E-state index contributed by atoms with van der Waals surface area (Å²) < 4.78 is 26.9. The minimum absolute atomic E-state index is 0.0156. The second kappa shape index (κ2) is 7.75. The van der Waals surface area contributed by atoms with E-state index >= 15 is 0 Å². The van der Waals surface area contributed by atoms with Crippen molar-refractivity contribution >= 4 is 29.1 Å². The number of nitrogens with one attached hydrogen (secondary N) is 2. The van der Waals surface area contributed by atoms with Gasteiger partial charge < -0.3 is 15.5 Å². The lowest BCUT2D eigenvalue weighted by Gasteiger charge is -2.17. The first-order valence-corrected chi connectivity index (χ1v) is 8.69. The summed E-state index contributed by atoms with van der Waals surface area (Å²) in [6.07, 6.45) is -0.0713. The maximum absolute atomic E-state index is 13.4. The summed E-state index contributed by atoms with van der Waals surface area (Å²) in [7, 11) is 1.51. The summed E-state index contributed by atoms with van der Waals surface area (Å²) in [4.78, 5) is 38.0. The Balaban J connectivity index is 1.76. The molecule has 0 spiro atoms. The van der Waals surface area contributed by atoms with E-state index in [4.69, 9.17) is 0 Å². The average molecular weight is 387 g/mol. The van der Waals surface area contributed by atoms with Gasteiger partial charge in [0.2, 0.25) is 11.8 Å². The maximum atomic E-state index is 13.4. The van der Waals surface area contributed by atoms with Gasteiger partial charge in [0.15, 0.2) is 0 Å². The average Bonchev–Trinajstić information content (AvgIpc) is 3.04. The Morgan fingerprint density at radius 1 is 1.14 bits per heavy atom. The number of nitrogens with zero attached hydrogens (tertiary/aromatic N) is 1. The van der Waals surface area contributed by atoms with Gasteiger partial charge >= 0.3 is 0 Å². The number of carbonyl (C=O) groups excluding carboxylic acids is 3. The van der Waals surface area contributed by atoms with Gasteiger partial charge in [-0.05, 0) is 36.8 Å². The highest BCUT2D eigenvalue weighted by Gasteiger charge is 2.35. The van der Waals surface area contributed by atoms with Crippen LogP contribution in [0, 0.1) is 24.5 Å². The molecule has 0 bridgehead atoms. The van der Waals surface area contributed by atoms with Gasteiger partial charge in [-0.15, -0.1) is 0 Å². The lowest BCUT2D eigenvalue weighted by atomic mass is 10.0. The monoisotopic (exact) mass is 387 g/mol. The van der Waals surface area contributed by atoms with Crippen molar-refractivity contribution in [2.75, 3.05) is 23.8 Å². The van der Waals surface area contributed by atoms with Crippen LogP contribution in [0.25, 0.3) is 0 Å². The Morgan fingerprint density at radius 3 is 2.46 bits per heavy atom. The topological polar surface area (TPSA) is 78.5 Å². The van der Waals surface area contributed by atoms with Gasteiger partial charge in [0, 0.05) is 43.0 Å². The second-order valence-corrected chi connectivity index (χ2v) is 6.58. The molecule has 0 aliphatic carbocycles. The molecule has 1 aliphatic rings. The number of hydrogen-bond donors (Lipinski definition) is 2. The Labute approximate surface area is 160 Å². The maximum Gasteiger partial charge on any atom is 0.251 e. The highest BCUT2D eigenvalue weighted by atomic mass is 19.1. The van der Waals surface area contributed by atoms with Crippen molar-refractivity contribution in [2.24, 2.45) is 5.92 Å². The van der Waals surface area contributed by atoms with Gasteiger partial charge in [-0.3, -0.25) is 14.4 Å². The highest BCUT2D eigenvalue weighted by Crippen LogP contribution is 2.28.